The van der Waals surface area contributed by atoms with Gasteiger partial charge < -0.3 is 9.47 Å². The van der Waals surface area contributed by atoms with Gasteiger partial charge in [-0.3, -0.25) is 4.79 Å². The quantitative estimate of drug-likeness (QED) is 0.503. The van der Waals surface area contributed by atoms with Gasteiger partial charge in [0.25, 0.3) is 0 Å². The van der Waals surface area contributed by atoms with Gasteiger partial charge in [0.15, 0.2) is 5.79 Å². The van der Waals surface area contributed by atoms with Crippen LogP contribution in [0.5, 0.6) is 0 Å². The van der Waals surface area contributed by atoms with Gasteiger partial charge in [-0.15, -0.1) is 0 Å². The molecule has 80 valence electrons. The van der Waals surface area contributed by atoms with Crippen molar-refractivity contribution in [1.82, 2.24) is 0 Å². The van der Waals surface area contributed by atoms with Crippen molar-refractivity contribution in [2.75, 3.05) is 0 Å². The second-order valence-corrected chi connectivity index (χ2v) is 4.45. The summed E-state index contributed by atoms with van der Waals surface area (Å²) < 4.78 is 11.4. The highest BCUT2D eigenvalue weighted by Crippen LogP contribution is 2.37. The molecule has 0 radical (unpaired) electrons. The van der Waals surface area contributed by atoms with Crippen LogP contribution < -0.4 is 0 Å². The lowest BCUT2D eigenvalue weighted by molar-refractivity contribution is -0.152. The molecule has 0 aliphatic carbocycles. The van der Waals surface area contributed by atoms with Crippen LogP contribution in [0.3, 0.4) is 0 Å². The summed E-state index contributed by atoms with van der Waals surface area (Å²) in [6, 6.07) is 0. The maximum atomic E-state index is 10.5. The smallest absolute Gasteiger partial charge is 0.164 e. The number of hydrogen-bond donors (Lipinski definition) is 0. The Balaban J connectivity index is 2.91. The monoisotopic (exact) mass is 198 g/mol. The van der Waals surface area contributed by atoms with E-state index in [1.54, 1.807) is 6.92 Å². The van der Waals surface area contributed by atoms with Gasteiger partial charge in [-0.25, -0.2) is 0 Å². The average molecular weight is 198 g/mol. The van der Waals surface area contributed by atoms with Crippen LogP contribution in [0.25, 0.3) is 0 Å². The number of allylic oxidation sites excluding steroid dienone is 1. The number of ether oxygens (including phenoxy) is 2. The zero-order chi connectivity index (χ0) is 11.0. The van der Waals surface area contributed by atoms with Crippen molar-refractivity contribution in [3.63, 3.8) is 0 Å². The van der Waals surface area contributed by atoms with Gasteiger partial charge in [-0.1, -0.05) is 0 Å². The third-order valence-corrected chi connectivity index (χ3v) is 2.43. The molecule has 0 amide bonds. The fourth-order valence-electron chi connectivity index (χ4n) is 1.81. The van der Waals surface area contributed by atoms with Gasteiger partial charge in [0.05, 0.1) is 6.10 Å². The van der Waals surface area contributed by atoms with E-state index in [1.807, 2.05) is 33.8 Å². The Kier molecular flexibility index (Phi) is 2.83. The Hall–Kier alpha value is -0.670. The van der Waals surface area contributed by atoms with Crippen molar-refractivity contribution in [1.29, 1.82) is 0 Å². The molecule has 0 aromatic heterocycles. The summed E-state index contributed by atoms with van der Waals surface area (Å²) in [7, 11) is 0. The minimum Gasteiger partial charge on any atom is -0.344 e. The van der Waals surface area contributed by atoms with E-state index in [2.05, 4.69) is 0 Å². The zero-order valence-electron chi connectivity index (χ0n) is 9.46. The topological polar surface area (TPSA) is 35.5 Å². The van der Waals surface area contributed by atoms with Gasteiger partial charge in [-0.05, 0) is 46.3 Å². The standard InChI is InChI=1S/C11H18O3/c1-8(7-12)6-11(5)9(2)13-10(3,4)14-11/h6-7,9H,1-5H3/b8-6+/t9-,11-/m0/s1. The number of aldehydes is 1. The Morgan fingerprint density at radius 1 is 1.36 bits per heavy atom. The first-order valence-corrected chi connectivity index (χ1v) is 4.82. The molecule has 1 aliphatic rings. The molecule has 3 heteroatoms. The largest absolute Gasteiger partial charge is 0.344 e. The van der Waals surface area contributed by atoms with Gasteiger partial charge in [0.2, 0.25) is 0 Å². The predicted molar refractivity (Wildman–Crippen MR) is 53.9 cm³/mol. The average Bonchev–Trinajstić information content (AvgIpc) is 2.20. The zero-order valence-corrected chi connectivity index (χ0v) is 9.46. The van der Waals surface area contributed by atoms with Crippen LogP contribution in [0.2, 0.25) is 0 Å². The lowest BCUT2D eigenvalue weighted by Gasteiger charge is -2.24. The number of hydrogen-bond acceptors (Lipinski definition) is 3. The van der Waals surface area contributed by atoms with Crippen molar-refractivity contribution in [2.24, 2.45) is 0 Å². The van der Waals surface area contributed by atoms with E-state index in [0.717, 1.165) is 6.29 Å². The minimum atomic E-state index is -0.576. The first kappa shape index (κ1) is 11.4. The van der Waals surface area contributed by atoms with E-state index in [9.17, 15) is 4.79 Å². The molecule has 0 spiro atoms. The van der Waals surface area contributed by atoms with E-state index < -0.39 is 11.4 Å². The molecule has 0 unspecified atom stereocenters. The van der Waals surface area contributed by atoms with Crippen molar-refractivity contribution in [3.05, 3.63) is 11.6 Å². The molecule has 1 fully saturated rings. The highest BCUT2D eigenvalue weighted by atomic mass is 16.8. The fraction of sp³-hybridized carbons (Fsp3) is 0.727. The highest BCUT2D eigenvalue weighted by molar-refractivity contribution is 5.72. The molecule has 1 saturated heterocycles. The molecule has 0 aromatic carbocycles. The second kappa shape index (κ2) is 3.48. The molecule has 3 nitrogen and oxygen atoms in total. The van der Waals surface area contributed by atoms with E-state index in [-0.39, 0.29) is 6.10 Å². The van der Waals surface area contributed by atoms with Crippen molar-refractivity contribution in [2.45, 2.75) is 52.1 Å². The van der Waals surface area contributed by atoms with Crippen LogP contribution in [0.4, 0.5) is 0 Å². The van der Waals surface area contributed by atoms with Crippen LogP contribution >= 0.6 is 0 Å². The Bertz CT molecular complexity index is 268. The normalized spacial score (nSPS) is 37.2. The van der Waals surface area contributed by atoms with Gasteiger partial charge in [0, 0.05) is 0 Å². The molecule has 1 aliphatic heterocycles. The molecule has 0 bridgehead atoms. The third-order valence-electron chi connectivity index (χ3n) is 2.43. The maximum absolute atomic E-state index is 10.5. The summed E-state index contributed by atoms with van der Waals surface area (Å²) >= 11 is 0. The van der Waals surface area contributed by atoms with Crippen LogP contribution in [0, 0.1) is 0 Å². The molecule has 1 rings (SSSR count). The van der Waals surface area contributed by atoms with Crippen LogP contribution in [-0.4, -0.2) is 23.8 Å². The summed E-state index contributed by atoms with van der Waals surface area (Å²) in [4.78, 5) is 10.5. The van der Waals surface area contributed by atoms with Crippen molar-refractivity contribution >= 4 is 6.29 Å². The second-order valence-electron chi connectivity index (χ2n) is 4.45. The van der Waals surface area contributed by atoms with Crippen LogP contribution in [-0.2, 0) is 14.3 Å². The van der Waals surface area contributed by atoms with Gasteiger partial charge in [-0.2, -0.15) is 0 Å². The summed E-state index contributed by atoms with van der Waals surface area (Å²) in [6.45, 7) is 9.39. The number of rotatable bonds is 2. The van der Waals surface area contributed by atoms with E-state index >= 15 is 0 Å². The first-order chi connectivity index (χ1) is 6.29. The number of carbonyl (C=O) groups is 1. The number of carbonyl (C=O) groups excluding carboxylic acids is 1. The molecular formula is C11H18O3. The molecule has 14 heavy (non-hydrogen) atoms. The minimum absolute atomic E-state index is 0.0487. The molecule has 0 aromatic rings. The predicted octanol–water partition coefficient (Wildman–Crippen LogP) is 2.06. The molecular weight excluding hydrogens is 180 g/mol. The molecule has 0 saturated carbocycles. The van der Waals surface area contributed by atoms with E-state index in [1.165, 1.54) is 0 Å². The molecule has 0 N–H and O–H groups in total. The van der Waals surface area contributed by atoms with Gasteiger partial charge >= 0.3 is 0 Å². The Morgan fingerprint density at radius 3 is 2.29 bits per heavy atom. The SMILES string of the molecule is C/C(C=O)=C\[C@]1(C)OC(C)(C)O[C@H]1C. The van der Waals surface area contributed by atoms with Crippen LogP contribution in [0.15, 0.2) is 11.6 Å². The lowest BCUT2D eigenvalue weighted by Crippen LogP contribution is -2.33. The lowest BCUT2D eigenvalue weighted by atomic mass is 9.98. The third kappa shape index (κ3) is 2.22. The van der Waals surface area contributed by atoms with E-state index in [4.69, 9.17) is 9.47 Å². The van der Waals surface area contributed by atoms with Gasteiger partial charge in [0.1, 0.15) is 11.9 Å². The first-order valence-electron chi connectivity index (χ1n) is 4.82. The summed E-state index contributed by atoms with van der Waals surface area (Å²) in [5, 5.41) is 0. The van der Waals surface area contributed by atoms with E-state index in [0.29, 0.717) is 5.57 Å². The Morgan fingerprint density at radius 2 is 1.93 bits per heavy atom. The molecule has 2 atom stereocenters. The van der Waals surface area contributed by atoms with Crippen molar-refractivity contribution < 1.29 is 14.3 Å². The summed E-state index contributed by atoms with van der Waals surface area (Å²) in [5.74, 6) is -0.576. The highest BCUT2D eigenvalue weighted by Gasteiger charge is 2.46. The maximum Gasteiger partial charge on any atom is 0.164 e. The fourth-order valence-corrected chi connectivity index (χ4v) is 1.81. The Labute approximate surface area is 85.1 Å². The summed E-state index contributed by atoms with van der Waals surface area (Å²) in [6.07, 6.45) is 2.60. The van der Waals surface area contributed by atoms with Crippen molar-refractivity contribution in [3.8, 4) is 0 Å². The molecule has 1 heterocycles. The summed E-state index contributed by atoms with van der Waals surface area (Å²) in [5.41, 5.74) is 0.162. The van der Waals surface area contributed by atoms with Crippen LogP contribution in [0.1, 0.15) is 34.6 Å².